The molecule has 2 aromatic carbocycles. The lowest BCUT2D eigenvalue weighted by atomic mass is 10.2. The highest BCUT2D eigenvalue weighted by Crippen LogP contribution is 2.14. The van der Waals surface area contributed by atoms with Gasteiger partial charge in [-0.15, -0.1) is 0 Å². The summed E-state index contributed by atoms with van der Waals surface area (Å²) in [7, 11) is 0. The Bertz CT molecular complexity index is 909. The number of rotatable bonds is 6. The summed E-state index contributed by atoms with van der Waals surface area (Å²) in [4.78, 5) is 31.6. The minimum absolute atomic E-state index is 0.148. The molecule has 27 heavy (non-hydrogen) atoms. The first kappa shape index (κ1) is 18.1. The molecule has 0 bridgehead atoms. The van der Waals surface area contributed by atoms with E-state index in [1.165, 1.54) is 19.3 Å². The molecular weight excluding hydrogens is 342 g/mol. The van der Waals surface area contributed by atoms with E-state index in [0.29, 0.717) is 29.4 Å². The third kappa shape index (κ3) is 5.37. The van der Waals surface area contributed by atoms with Gasteiger partial charge in [0.25, 0.3) is 5.91 Å². The monoisotopic (exact) mass is 361 g/mol. The van der Waals surface area contributed by atoms with Gasteiger partial charge in [0.2, 0.25) is 11.9 Å². The van der Waals surface area contributed by atoms with E-state index in [1.54, 1.807) is 24.3 Å². The second-order valence-corrected chi connectivity index (χ2v) is 5.85. The van der Waals surface area contributed by atoms with Gasteiger partial charge in [-0.25, -0.2) is 9.97 Å². The molecule has 1 aromatic heterocycles. The zero-order chi connectivity index (χ0) is 19.1. The molecule has 0 unspecified atom stereocenters. The molecule has 0 aliphatic carbocycles. The summed E-state index contributed by atoms with van der Waals surface area (Å²) >= 11 is 0. The molecule has 0 saturated heterocycles. The molecule has 136 valence electrons. The summed E-state index contributed by atoms with van der Waals surface area (Å²) in [6.45, 7) is 2.04. The quantitative estimate of drug-likeness (QED) is 0.626. The molecule has 0 saturated carbocycles. The fourth-order valence-corrected chi connectivity index (χ4v) is 2.36. The molecule has 0 fully saturated rings. The van der Waals surface area contributed by atoms with Crippen LogP contribution in [0.25, 0.3) is 0 Å². The van der Waals surface area contributed by atoms with E-state index in [9.17, 15) is 9.59 Å². The summed E-state index contributed by atoms with van der Waals surface area (Å²) in [6.07, 6.45) is 2.95. The van der Waals surface area contributed by atoms with Crippen LogP contribution in [-0.4, -0.2) is 21.8 Å². The molecule has 3 N–H and O–H groups in total. The van der Waals surface area contributed by atoms with Gasteiger partial charge >= 0.3 is 0 Å². The molecule has 7 nitrogen and oxygen atoms in total. The van der Waals surface area contributed by atoms with Crippen LogP contribution in [0, 0.1) is 0 Å². The predicted molar refractivity (Wildman–Crippen MR) is 104 cm³/mol. The third-order valence-corrected chi connectivity index (χ3v) is 3.67. The number of anilines is 3. The highest BCUT2D eigenvalue weighted by molar-refractivity contribution is 6.04. The summed E-state index contributed by atoms with van der Waals surface area (Å²) < 4.78 is 0. The number of hydrogen-bond donors (Lipinski definition) is 3. The molecule has 0 atom stereocenters. The SMILES string of the molecule is CC(=O)Nc1ccc(NC(=O)c2cnc(NCc3ccccc3)nc2)cc1. The normalized spacial score (nSPS) is 10.1. The third-order valence-electron chi connectivity index (χ3n) is 3.67. The van der Waals surface area contributed by atoms with Crippen LogP contribution in [0.3, 0.4) is 0 Å². The maximum absolute atomic E-state index is 12.3. The maximum Gasteiger partial charge on any atom is 0.258 e. The van der Waals surface area contributed by atoms with Crippen LogP contribution in [0.1, 0.15) is 22.8 Å². The first-order valence-electron chi connectivity index (χ1n) is 8.39. The van der Waals surface area contributed by atoms with Gasteiger partial charge in [-0.2, -0.15) is 0 Å². The Morgan fingerprint density at radius 2 is 1.44 bits per heavy atom. The van der Waals surface area contributed by atoms with Crippen LogP contribution in [-0.2, 0) is 11.3 Å². The topological polar surface area (TPSA) is 96.0 Å². The lowest BCUT2D eigenvalue weighted by molar-refractivity contribution is -0.114. The zero-order valence-corrected chi connectivity index (χ0v) is 14.8. The minimum Gasteiger partial charge on any atom is -0.350 e. The standard InChI is InChI=1S/C20H19N5O2/c1-14(26)24-17-7-9-18(10-8-17)25-19(27)16-12-22-20(23-13-16)21-11-15-5-3-2-4-6-15/h2-10,12-13H,11H2,1H3,(H,24,26)(H,25,27)(H,21,22,23). The lowest BCUT2D eigenvalue weighted by Gasteiger charge is -2.08. The molecule has 1 heterocycles. The van der Waals surface area contributed by atoms with Crippen LogP contribution in [0.15, 0.2) is 67.0 Å². The van der Waals surface area contributed by atoms with Crippen molar-refractivity contribution in [3.8, 4) is 0 Å². The van der Waals surface area contributed by atoms with E-state index < -0.39 is 0 Å². The number of nitrogens with one attached hydrogen (secondary N) is 3. The van der Waals surface area contributed by atoms with Crippen molar-refractivity contribution in [3.63, 3.8) is 0 Å². The number of hydrogen-bond acceptors (Lipinski definition) is 5. The maximum atomic E-state index is 12.3. The molecular formula is C20H19N5O2. The second-order valence-electron chi connectivity index (χ2n) is 5.85. The van der Waals surface area contributed by atoms with Crippen molar-refractivity contribution in [2.45, 2.75) is 13.5 Å². The molecule has 3 aromatic rings. The van der Waals surface area contributed by atoms with Gasteiger partial charge in [0.15, 0.2) is 0 Å². The Balaban J connectivity index is 1.56. The lowest BCUT2D eigenvalue weighted by Crippen LogP contribution is -2.13. The molecule has 0 spiro atoms. The highest BCUT2D eigenvalue weighted by atomic mass is 16.2. The number of aromatic nitrogens is 2. The number of carbonyl (C=O) groups excluding carboxylic acids is 2. The number of carbonyl (C=O) groups is 2. The van der Waals surface area contributed by atoms with E-state index in [4.69, 9.17) is 0 Å². The Labute approximate surface area is 156 Å². The smallest absolute Gasteiger partial charge is 0.258 e. The Hall–Kier alpha value is -3.74. The van der Waals surface area contributed by atoms with Gasteiger partial charge in [0.1, 0.15) is 0 Å². The summed E-state index contributed by atoms with van der Waals surface area (Å²) in [5.74, 6) is -0.00292. The van der Waals surface area contributed by atoms with Crippen molar-refractivity contribution in [1.82, 2.24) is 9.97 Å². The number of benzene rings is 2. The van der Waals surface area contributed by atoms with Crippen molar-refractivity contribution in [2.75, 3.05) is 16.0 Å². The molecule has 0 aliphatic rings. The van der Waals surface area contributed by atoms with Gasteiger partial charge in [-0.1, -0.05) is 30.3 Å². The number of nitrogens with zero attached hydrogens (tertiary/aromatic N) is 2. The molecule has 7 heteroatoms. The van der Waals surface area contributed by atoms with Crippen molar-refractivity contribution in [3.05, 3.63) is 78.1 Å². The molecule has 3 rings (SSSR count). The van der Waals surface area contributed by atoms with E-state index >= 15 is 0 Å². The number of amides is 2. The van der Waals surface area contributed by atoms with Gasteiger partial charge in [-0.3, -0.25) is 9.59 Å². The first-order valence-corrected chi connectivity index (χ1v) is 8.39. The van der Waals surface area contributed by atoms with Crippen LogP contribution >= 0.6 is 0 Å². The summed E-state index contributed by atoms with van der Waals surface area (Å²) in [5, 5.41) is 8.54. The van der Waals surface area contributed by atoms with Gasteiger partial charge in [0.05, 0.1) is 5.56 Å². The fraction of sp³-hybridized carbons (Fsp3) is 0.100. The largest absolute Gasteiger partial charge is 0.350 e. The van der Waals surface area contributed by atoms with Crippen LogP contribution < -0.4 is 16.0 Å². The molecule has 0 aliphatic heterocycles. The first-order chi connectivity index (χ1) is 13.1. The van der Waals surface area contributed by atoms with E-state index in [0.717, 1.165) is 5.56 Å². The second kappa shape index (κ2) is 8.57. The highest BCUT2D eigenvalue weighted by Gasteiger charge is 2.08. The fourth-order valence-electron chi connectivity index (χ4n) is 2.36. The average molecular weight is 361 g/mol. The summed E-state index contributed by atoms with van der Waals surface area (Å²) in [6, 6.07) is 16.7. The zero-order valence-electron chi connectivity index (χ0n) is 14.8. The van der Waals surface area contributed by atoms with Crippen molar-refractivity contribution in [2.24, 2.45) is 0 Å². The molecule has 0 radical (unpaired) electrons. The average Bonchev–Trinajstić information content (AvgIpc) is 2.69. The van der Waals surface area contributed by atoms with Crippen molar-refractivity contribution >= 4 is 29.1 Å². The van der Waals surface area contributed by atoms with Crippen molar-refractivity contribution < 1.29 is 9.59 Å². The van der Waals surface area contributed by atoms with Gasteiger partial charge < -0.3 is 16.0 Å². The Morgan fingerprint density at radius 1 is 0.852 bits per heavy atom. The van der Waals surface area contributed by atoms with E-state index in [-0.39, 0.29) is 11.8 Å². The molecule has 2 amide bonds. The van der Waals surface area contributed by atoms with Gasteiger partial charge in [0, 0.05) is 37.2 Å². The van der Waals surface area contributed by atoms with E-state index in [1.807, 2.05) is 30.3 Å². The Morgan fingerprint density at radius 3 is 2.04 bits per heavy atom. The summed E-state index contributed by atoms with van der Waals surface area (Å²) in [5.41, 5.74) is 2.75. The van der Waals surface area contributed by atoms with E-state index in [2.05, 4.69) is 25.9 Å². The van der Waals surface area contributed by atoms with Gasteiger partial charge in [-0.05, 0) is 29.8 Å². The van der Waals surface area contributed by atoms with Crippen molar-refractivity contribution in [1.29, 1.82) is 0 Å². The Kier molecular flexibility index (Phi) is 5.73. The van der Waals surface area contributed by atoms with Crippen LogP contribution in [0.4, 0.5) is 17.3 Å². The minimum atomic E-state index is -0.308. The predicted octanol–water partition coefficient (Wildman–Crippen LogP) is 3.30. The van der Waals surface area contributed by atoms with Crippen LogP contribution in [0.5, 0.6) is 0 Å². The van der Waals surface area contributed by atoms with Crippen LogP contribution in [0.2, 0.25) is 0 Å².